The molecule has 2 bridgehead atoms. The van der Waals surface area contributed by atoms with Crippen molar-refractivity contribution < 1.29 is 18.6 Å². The summed E-state index contributed by atoms with van der Waals surface area (Å²) in [6.07, 6.45) is 9.58. The molecule has 0 aliphatic carbocycles. The fourth-order valence-corrected chi connectivity index (χ4v) is 8.11. The van der Waals surface area contributed by atoms with Gasteiger partial charge in [0.15, 0.2) is 0 Å². The zero-order chi connectivity index (χ0) is 29.5. The SMILES string of the molecule is C#Cc1c(F)ccc2cc(O)cc(-c3cc4c(N5CC6CCC(C5)N6)nc(OC[C@@]56CCCN5C[C@H](F)C6)nc4n3C)c12. The Hall–Kier alpha value is -3.94. The molecule has 4 aliphatic rings. The molecule has 2 N–H and O–H groups in total. The first-order valence-electron chi connectivity index (χ1n) is 15.1. The van der Waals surface area contributed by atoms with Gasteiger partial charge in [-0.1, -0.05) is 12.0 Å². The highest BCUT2D eigenvalue weighted by Gasteiger charge is 2.49. The number of phenols is 1. The molecule has 2 unspecified atom stereocenters. The summed E-state index contributed by atoms with van der Waals surface area (Å²) in [5, 5.41) is 16.4. The first-order valence-corrected chi connectivity index (χ1v) is 15.1. The number of aryl methyl sites for hydroxylation is 1. The second-order valence-electron chi connectivity index (χ2n) is 12.7. The Morgan fingerprint density at radius 1 is 1.16 bits per heavy atom. The molecule has 0 radical (unpaired) electrons. The number of anilines is 1. The van der Waals surface area contributed by atoms with E-state index in [2.05, 4.69) is 21.0 Å². The lowest BCUT2D eigenvalue weighted by Crippen LogP contribution is -2.51. The first-order chi connectivity index (χ1) is 20.8. The summed E-state index contributed by atoms with van der Waals surface area (Å²) in [5.74, 6) is 2.86. The second kappa shape index (κ2) is 9.79. The summed E-state index contributed by atoms with van der Waals surface area (Å²) < 4.78 is 37.6. The predicted molar refractivity (Wildman–Crippen MR) is 162 cm³/mol. The van der Waals surface area contributed by atoms with Crippen molar-refractivity contribution in [1.82, 2.24) is 24.8 Å². The molecule has 4 saturated heterocycles. The average Bonchev–Trinajstić information content (AvgIpc) is 3.72. The van der Waals surface area contributed by atoms with Crippen molar-refractivity contribution in [3.05, 3.63) is 41.7 Å². The molecule has 0 spiro atoms. The molecule has 0 amide bonds. The number of ether oxygens (including phenoxy) is 1. The molecular weight excluding hydrogens is 550 g/mol. The molecule has 8 rings (SSSR count). The van der Waals surface area contributed by atoms with Gasteiger partial charge in [0, 0.05) is 56.1 Å². The number of aromatic nitrogens is 3. The Bertz CT molecular complexity index is 1810. The van der Waals surface area contributed by atoms with Gasteiger partial charge in [-0.25, -0.2) is 8.78 Å². The zero-order valence-corrected chi connectivity index (χ0v) is 24.1. The summed E-state index contributed by atoms with van der Waals surface area (Å²) in [6.45, 7) is 3.31. The van der Waals surface area contributed by atoms with Gasteiger partial charge in [0.05, 0.1) is 22.2 Å². The summed E-state index contributed by atoms with van der Waals surface area (Å²) >= 11 is 0. The van der Waals surface area contributed by atoms with Gasteiger partial charge >= 0.3 is 6.01 Å². The number of piperazine rings is 1. The van der Waals surface area contributed by atoms with Crippen molar-refractivity contribution in [3.8, 4) is 35.4 Å². The predicted octanol–water partition coefficient (Wildman–Crippen LogP) is 4.51. The van der Waals surface area contributed by atoms with Gasteiger partial charge < -0.3 is 24.6 Å². The standard InChI is InChI=1S/C33H34F2N6O2/c1-3-24-27(35)8-5-19-11-23(42)12-25(29(19)24)28-13-26-30(39(28)2)37-32(38-31(26)40-16-21-6-7-22(17-40)36-21)43-18-33-9-4-10-41(33)15-20(34)14-33/h1,5,8,11-13,20-22,36,42H,4,6-7,9-10,14-18H2,2H3/t20-,21?,22?,33+/m1/s1. The molecule has 43 heavy (non-hydrogen) atoms. The average molecular weight is 585 g/mol. The summed E-state index contributed by atoms with van der Waals surface area (Å²) in [6, 6.07) is 9.20. The van der Waals surface area contributed by atoms with E-state index in [0.29, 0.717) is 53.6 Å². The molecule has 2 aromatic heterocycles. The summed E-state index contributed by atoms with van der Waals surface area (Å²) in [4.78, 5) is 14.4. The van der Waals surface area contributed by atoms with Crippen LogP contribution >= 0.6 is 0 Å². The van der Waals surface area contributed by atoms with Crippen LogP contribution < -0.4 is 15.0 Å². The molecule has 4 aliphatic heterocycles. The van der Waals surface area contributed by atoms with E-state index < -0.39 is 12.0 Å². The number of nitrogens with zero attached hydrogens (tertiary/aromatic N) is 5. The van der Waals surface area contributed by atoms with Crippen molar-refractivity contribution >= 4 is 27.6 Å². The van der Waals surface area contributed by atoms with Crippen molar-refractivity contribution in [3.63, 3.8) is 0 Å². The Morgan fingerprint density at radius 2 is 1.98 bits per heavy atom. The fraction of sp³-hybridized carbons (Fsp3) is 0.455. The van der Waals surface area contributed by atoms with Crippen LogP contribution in [0.25, 0.3) is 33.1 Å². The minimum atomic E-state index is -0.843. The molecule has 2 aromatic carbocycles. The highest BCUT2D eigenvalue weighted by atomic mass is 19.1. The second-order valence-corrected chi connectivity index (χ2v) is 12.7. The van der Waals surface area contributed by atoms with Crippen LogP contribution in [-0.2, 0) is 7.05 Å². The smallest absolute Gasteiger partial charge is 0.320 e. The maximum Gasteiger partial charge on any atom is 0.320 e. The van der Waals surface area contributed by atoms with E-state index in [1.807, 2.05) is 17.7 Å². The molecular formula is C33H34F2N6O2. The first kappa shape index (κ1) is 26.7. The number of hydrogen-bond acceptors (Lipinski definition) is 7. The normalized spacial score (nSPS) is 26.8. The van der Waals surface area contributed by atoms with E-state index in [4.69, 9.17) is 21.1 Å². The maximum atomic E-state index is 14.9. The molecule has 6 heterocycles. The topological polar surface area (TPSA) is 78.7 Å². The van der Waals surface area contributed by atoms with Gasteiger partial charge in [0.2, 0.25) is 0 Å². The summed E-state index contributed by atoms with van der Waals surface area (Å²) in [7, 11) is 1.90. The van der Waals surface area contributed by atoms with E-state index in [1.54, 1.807) is 18.2 Å². The Labute approximate surface area is 248 Å². The monoisotopic (exact) mass is 584 g/mol. The van der Waals surface area contributed by atoms with Gasteiger partial charge in [-0.3, -0.25) is 4.90 Å². The van der Waals surface area contributed by atoms with Crippen LogP contribution in [0.15, 0.2) is 30.3 Å². The number of rotatable bonds is 5. The largest absolute Gasteiger partial charge is 0.508 e. The number of nitrogens with one attached hydrogen (secondary N) is 1. The van der Waals surface area contributed by atoms with E-state index in [-0.39, 0.29) is 22.9 Å². The highest BCUT2D eigenvalue weighted by Crippen LogP contribution is 2.42. The lowest BCUT2D eigenvalue weighted by atomic mass is 9.95. The van der Waals surface area contributed by atoms with E-state index >= 15 is 0 Å². The number of aromatic hydroxyl groups is 1. The van der Waals surface area contributed by atoms with Crippen LogP contribution in [-0.4, -0.2) is 81.1 Å². The lowest BCUT2D eigenvalue weighted by molar-refractivity contribution is 0.107. The number of phenolic OH excluding ortho intramolecular Hbond substituents is 1. The lowest BCUT2D eigenvalue weighted by Gasteiger charge is -2.34. The molecule has 8 nitrogen and oxygen atoms in total. The summed E-state index contributed by atoms with van der Waals surface area (Å²) in [5.41, 5.74) is 1.82. The molecule has 222 valence electrons. The van der Waals surface area contributed by atoms with Gasteiger partial charge in [0.1, 0.15) is 35.8 Å². The number of alkyl halides is 1. The molecule has 4 fully saturated rings. The molecule has 4 aromatic rings. The third kappa shape index (κ3) is 4.24. The van der Waals surface area contributed by atoms with Crippen molar-refractivity contribution in [1.29, 1.82) is 0 Å². The maximum absolute atomic E-state index is 14.9. The minimum Gasteiger partial charge on any atom is -0.508 e. The van der Waals surface area contributed by atoms with E-state index in [1.165, 1.54) is 6.07 Å². The molecule has 0 saturated carbocycles. The quantitative estimate of drug-likeness (QED) is 0.334. The van der Waals surface area contributed by atoms with Crippen LogP contribution in [0.3, 0.4) is 0 Å². The molecule has 4 atom stereocenters. The van der Waals surface area contributed by atoms with Crippen LogP contribution in [0.4, 0.5) is 14.6 Å². The van der Waals surface area contributed by atoms with Crippen LogP contribution in [0.5, 0.6) is 11.8 Å². The zero-order valence-electron chi connectivity index (χ0n) is 24.1. The van der Waals surface area contributed by atoms with Gasteiger partial charge in [-0.15, -0.1) is 6.42 Å². The van der Waals surface area contributed by atoms with Crippen molar-refractivity contribution in [2.24, 2.45) is 7.05 Å². The number of benzene rings is 2. The highest BCUT2D eigenvalue weighted by molar-refractivity contribution is 6.04. The Balaban J connectivity index is 1.27. The van der Waals surface area contributed by atoms with Crippen LogP contribution in [0.1, 0.15) is 37.7 Å². The van der Waals surface area contributed by atoms with Crippen molar-refractivity contribution in [2.75, 3.05) is 37.7 Å². The fourth-order valence-electron chi connectivity index (χ4n) is 8.11. The van der Waals surface area contributed by atoms with Crippen molar-refractivity contribution in [2.45, 2.75) is 55.9 Å². The number of halogens is 2. The van der Waals surface area contributed by atoms with Gasteiger partial charge in [0.25, 0.3) is 0 Å². The van der Waals surface area contributed by atoms with E-state index in [9.17, 15) is 13.9 Å². The van der Waals surface area contributed by atoms with E-state index in [0.717, 1.165) is 62.2 Å². The van der Waals surface area contributed by atoms with Gasteiger partial charge in [-0.05, 0) is 61.9 Å². The number of hydrogen-bond donors (Lipinski definition) is 2. The minimum absolute atomic E-state index is 0.0550. The Morgan fingerprint density at radius 3 is 2.77 bits per heavy atom. The molecule has 10 heteroatoms. The Kier molecular flexibility index (Phi) is 6.07. The number of fused-ring (bicyclic) bond motifs is 5. The third-order valence-corrected chi connectivity index (χ3v) is 10.1. The van der Waals surface area contributed by atoms with Crippen LogP contribution in [0, 0.1) is 18.2 Å². The van der Waals surface area contributed by atoms with Crippen LogP contribution in [0.2, 0.25) is 0 Å². The van der Waals surface area contributed by atoms with Gasteiger partial charge in [-0.2, -0.15) is 9.97 Å². The third-order valence-electron chi connectivity index (χ3n) is 10.1. The number of terminal acetylenes is 1.